The van der Waals surface area contributed by atoms with Gasteiger partial charge in [0.15, 0.2) is 0 Å². The summed E-state index contributed by atoms with van der Waals surface area (Å²) < 4.78 is 37.4. The molecular formula is C9H11F3N2S. The topological polar surface area (TPSA) is 24.1 Å². The van der Waals surface area contributed by atoms with Gasteiger partial charge in [0.05, 0.1) is 0 Å². The Hall–Kier alpha value is -0.460. The monoisotopic (exact) mass is 236 g/mol. The predicted octanol–water partition coefficient (Wildman–Crippen LogP) is 2.18. The van der Waals surface area contributed by atoms with Gasteiger partial charge in [0.1, 0.15) is 0 Å². The lowest BCUT2D eigenvalue weighted by atomic mass is 9.89. The molecule has 2 N–H and O–H groups in total. The second-order valence-corrected chi connectivity index (χ2v) is 4.43. The van der Waals surface area contributed by atoms with E-state index in [1.807, 2.05) is 6.08 Å². The lowest BCUT2D eigenvalue weighted by molar-refractivity contribution is -0.0953. The summed E-state index contributed by atoms with van der Waals surface area (Å²) in [6.07, 6.45) is 0.371. The Morgan fingerprint density at radius 3 is 2.80 bits per heavy atom. The molecule has 0 aromatic carbocycles. The largest absolute Gasteiger partial charge is 0.412 e. The summed E-state index contributed by atoms with van der Waals surface area (Å²) in [5, 5.41) is 0. The van der Waals surface area contributed by atoms with Crippen LogP contribution in [0.1, 0.15) is 6.42 Å². The molecule has 1 aliphatic heterocycles. The molecule has 2 rings (SSSR count). The van der Waals surface area contributed by atoms with Crippen molar-refractivity contribution >= 4 is 11.9 Å². The number of nitrogens with one attached hydrogen (secondary N) is 2. The van der Waals surface area contributed by atoms with Crippen LogP contribution in [0.4, 0.5) is 13.2 Å². The van der Waals surface area contributed by atoms with Gasteiger partial charge >= 0.3 is 6.18 Å². The molecule has 1 fully saturated rings. The second-order valence-electron chi connectivity index (χ2n) is 3.61. The lowest BCUT2D eigenvalue weighted by Crippen LogP contribution is -2.37. The molecule has 1 heterocycles. The van der Waals surface area contributed by atoms with Crippen molar-refractivity contribution < 1.29 is 13.2 Å². The molecular weight excluding hydrogens is 225 g/mol. The van der Waals surface area contributed by atoms with Crippen LogP contribution in [0.5, 0.6) is 0 Å². The Morgan fingerprint density at radius 1 is 1.40 bits per heavy atom. The van der Waals surface area contributed by atoms with Crippen LogP contribution < -0.4 is 10.3 Å². The highest BCUT2D eigenvalue weighted by Crippen LogP contribution is 2.35. The van der Waals surface area contributed by atoms with E-state index in [4.69, 9.17) is 0 Å². The molecule has 84 valence electrons. The molecule has 0 aromatic rings. The molecule has 0 radical (unpaired) electrons. The first-order valence-corrected chi connectivity index (χ1v) is 5.63. The van der Waals surface area contributed by atoms with E-state index in [0.29, 0.717) is 0 Å². The van der Waals surface area contributed by atoms with Gasteiger partial charge in [-0.3, -0.25) is 0 Å². The van der Waals surface area contributed by atoms with Gasteiger partial charge in [0.25, 0.3) is 0 Å². The van der Waals surface area contributed by atoms with Crippen molar-refractivity contribution in [1.82, 2.24) is 10.3 Å². The van der Waals surface area contributed by atoms with Crippen molar-refractivity contribution in [1.29, 1.82) is 0 Å². The van der Waals surface area contributed by atoms with E-state index in [9.17, 15) is 13.2 Å². The normalized spacial score (nSPS) is 31.8. The van der Waals surface area contributed by atoms with Crippen LogP contribution >= 0.6 is 11.9 Å². The summed E-state index contributed by atoms with van der Waals surface area (Å²) in [6, 6.07) is 0.0808. The van der Waals surface area contributed by atoms with E-state index < -0.39 is 11.7 Å². The highest BCUT2D eigenvalue weighted by Gasteiger charge is 2.37. The minimum Gasteiger partial charge on any atom is -0.243 e. The van der Waals surface area contributed by atoms with Gasteiger partial charge in [-0.15, -0.1) is 0 Å². The van der Waals surface area contributed by atoms with Gasteiger partial charge in [-0.05, 0) is 12.3 Å². The van der Waals surface area contributed by atoms with Crippen molar-refractivity contribution in [2.45, 2.75) is 18.6 Å². The molecule has 2 atom stereocenters. The Bertz CT molecular complexity index is 292. The van der Waals surface area contributed by atoms with Gasteiger partial charge in [-0.1, -0.05) is 30.2 Å². The summed E-state index contributed by atoms with van der Waals surface area (Å²) in [7, 11) is 0. The van der Waals surface area contributed by atoms with Gasteiger partial charge in [-0.25, -0.2) is 10.3 Å². The zero-order chi connectivity index (χ0) is 10.9. The Labute approximate surface area is 90.1 Å². The highest BCUT2D eigenvalue weighted by atomic mass is 32.2. The maximum Gasteiger partial charge on any atom is 0.412 e. The molecule has 2 unspecified atom stereocenters. The summed E-state index contributed by atoms with van der Waals surface area (Å²) in [4.78, 5) is 2.86. The molecule has 0 spiro atoms. The Balaban J connectivity index is 2.03. The average molecular weight is 236 g/mol. The molecule has 0 aromatic heterocycles. The third-order valence-electron chi connectivity index (χ3n) is 2.57. The average Bonchev–Trinajstić information content (AvgIpc) is 2.69. The van der Waals surface area contributed by atoms with Crippen LogP contribution in [-0.2, 0) is 0 Å². The number of hydrogen-bond acceptors (Lipinski definition) is 3. The molecule has 0 bridgehead atoms. The molecule has 0 amide bonds. The van der Waals surface area contributed by atoms with Crippen molar-refractivity contribution in [2.75, 3.05) is 5.75 Å². The highest BCUT2D eigenvalue weighted by molar-refractivity contribution is 7.97. The number of allylic oxidation sites excluding steroid dienone is 3. The maximum absolute atomic E-state index is 12.5. The summed E-state index contributed by atoms with van der Waals surface area (Å²) in [5.74, 6) is 0.717. The van der Waals surface area contributed by atoms with E-state index >= 15 is 0 Å². The number of alkyl halides is 3. The molecule has 1 saturated heterocycles. The van der Waals surface area contributed by atoms with Gasteiger partial charge < -0.3 is 0 Å². The third-order valence-corrected chi connectivity index (χ3v) is 3.36. The van der Waals surface area contributed by atoms with Crippen LogP contribution in [0.2, 0.25) is 0 Å². The van der Waals surface area contributed by atoms with Crippen LogP contribution in [0.15, 0.2) is 23.8 Å². The lowest BCUT2D eigenvalue weighted by Gasteiger charge is -2.24. The standard InChI is InChI=1S/C9H11F3N2S/c10-9(11,12)7-3-1-2-6(4-7)8-5-15-14-13-8/h1-3,6,8,13-14H,4-5H2. The molecule has 2 aliphatic rings. The quantitative estimate of drug-likeness (QED) is 0.682. The number of hydrazine groups is 1. The minimum atomic E-state index is -4.19. The smallest absolute Gasteiger partial charge is 0.243 e. The fourth-order valence-electron chi connectivity index (χ4n) is 1.71. The Kier molecular flexibility index (Phi) is 3.08. The fourth-order valence-corrected chi connectivity index (χ4v) is 2.54. The van der Waals surface area contributed by atoms with Crippen LogP contribution in [0, 0.1) is 5.92 Å². The first kappa shape index (κ1) is 11.0. The SMILES string of the molecule is FC(F)(F)C1=CC=CC(C2CSNN2)C1. The molecule has 15 heavy (non-hydrogen) atoms. The third kappa shape index (κ3) is 2.56. The Morgan fingerprint density at radius 2 is 2.20 bits per heavy atom. The number of rotatable bonds is 1. The van der Waals surface area contributed by atoms with Gasteiger partial charge in [-0.2, -0.15) is 13.2 Å². The van der Waals surface area contributed by atoms with E-state index in [1.165, 1.54) is 18.0 Å². The number of halogens is 3. The maximum atomic E-state index is 12.5. The van der Waals surface area contributed by atoms with E-state index in [1.54, 1.807) is 0 Å². The van der Waals surface area contributed by atoms with Crippen molar-refractivity contribution in [2.24, 2.45) is 5.92 Å². The second kappa shape index (κ2) is 4.19. The van der Waals surface area contributed by atoms with Crippen LogP contribution in [0.25, 0.3) is 0 Å². The van der Waals surface area contributed by atoms with Crippen molar-refractivity contribution in [3.8, 4) is 0 Å². The van der Waals surface area contributed by atoms with Gasteiger partial charge in [0, 0.05) is 17.4 Å². The summed E-state index contributed by atoms with van der Waals surface area (Å²) in [5.41, 5.74) is 2.53. The zero-order valence-electron chi connectivity index (χ0n) is 7.84. The molecule has 6 heteroatoms. The first-order chi connectivity index (χ1) is 7.07. The summed E-state index contributed by atoms with van der Waals surface area (Å²) in [6.45, 7) is 0. The molecule has 1 aliphatic carbocycles. The molecule has 2 nitrogen and oxygen atoms in total. The van der Waals surface area contributed by atoms with Crippen LogP contribution in [-0.4, -0.2) is 18.0 Å². The van der Waals surface area contributed by atoms with Crippen molar-refractivity contribution in [3.63, 3.8) is 0 Å². The van der Waals surface area contributed by atoms with Crippen LogP contribution in [0.3, 0.4) is 0 Å². The summed E-state index contributed by atoms with van der Waals surface area (Å²) >= 11 is 1.49. The number of hydrogen-bond donors (Lipinski definition) is 2. The van der Waals surface area contributed by atoms with E-state index in [0.717, 1.165) is 11.8 Å². The van der Waals surface area contributed by atoms with Crippen molar-refractivity contribution in [3.05, 3.63) is 23.8 Å². The zero-order valence-corrected chi connectivity index (χ0v) is 8.66. The van der Waals surface area contributed by atoms with E-state index in [2.05, 4.69) is 10.3 Å². The fraction of sp³-hybridized carbons (Fsp3) is 0.556. The molecule has 0 saturated carbocycles. The van der Waals surface area contributed by atoms with Gasteiger partial charge in [0.2, 0.25) is 0 Å². The van der Waals surface area contributed by atoms with E-state index in [-0.39, 0.29) is 18.4 Å². The first-order valence-electron chi connectivity index (χ1n) is 4.64. The minimum absolute atomic E-state index is 0.0694. The predicted molar refractivity (Wildman–Crippen MR) is 53.9 cm³/mol.